The molecule has 0 bridgehead atoms. The normalized spacial score (nSPS) is 12.3. The van der Waals surface area contributed by atoms with E-state index in [0.717, 1.165) is 0 Å². The number of nitrogens with zero attached hydrogens (tertiary/aromatic N) is 1. The zero-order chi connectivity index (χ0) is 11.7. The van der Waals surface area contributed by atoms with Crippen molar-refractivity contribution in [3.63, 3.8) is 0 Å². The second-order valence-electron chi connectivity index (χ2n) is 3.55. The third-order valence-corrected chi connectivity index (χ3v) is 1.92. The average molecular weight is 218 g/mol. The largest absolute Gasteiger partial charge is 0.465 e. The fraction of sp³-hybridized carbons (Fsp3) is 0.889. The third kappa shape index (κ3) is 6.84. The van der Waals surface area contributed by atoms with Gasteiger partial charge in [0, 0.05) is 0 Å². The topological polar surface area (TPSA) is 91.0 Å². The monoisotopic (exact) mass is 218 g/mol. The highest BCUT2D eigenvalue weighted by Gasteiger charge is 2.18. The van der Waals surface area contributed by atoms with Gasteiger partial charge in [0.2, 0.25) is 0 Å². The quantitative estimate of drug-likeness (QED) is 0.284. The summed E-state index contributed by atoms with van der Waals surface area (Å²) in [5.74, 6) is -0.320. The van der Waals surface area contributed by atoms with E-state index >= 15 is 0 Å². The van der Waals surface area contributed by atoms with Crippen LogP contribution in [0.2, 0.25) is 0 Å². The fourth-order valence-electron chi connectivity index (χ4n) is 0.847. The second-order valence-corrected chi connectivity index (χ2v) is 3.55. The first-order valence-corrected chi connectivity index (χ1v) is 4.96. The Kier molecular flexibility index (Phi) is 7.53. The molecule has 0 saturated heterocycles. The maximum atomic E-state index is 11.2. The van der Waals surface area contributed by atoms with Crippen molar-refractivity contribution in [1.29, 1.82) is 0 Å². The average Bonchev–Trinajstić information content (AvgIpc) is 2.21. The molecule has 0 rings (SSSR count). The first-order chi connectivity index (χ1) is 7.09. The van der Waals surface area contributed by atoms with Gasteiger partial charge in [0.25, 0.3) is 0 Å². The number of ether oxygens (including phenoxy) is 1. The summed E-state index contributed by atoms with van der Waals surface area (Å²) in [6, 6.07) is -0.571. The van der Waals surface area contributed by atoms with Crippen LogP contribution < -0.4 is 5.73 Å². The molecule has 15 heavy (non-hydrogen) atoms. The van der Waals surface area contributed by atoms with Crippen LogP contribution in [0.1, 0.15) is 26.7 Å². The molecule has 1 atom stereocenters. The van der Waals surface area contributed by atoms with Crippen LogP contribution in [-0.2, 0) is 14.4 Å². The zero-order valence-electron chi connectivity index (χ0n) is 9.14. The molecule has 6 nitrogen and oxygen atoms in total. The first-order valence-electron chi connectivity index (χ1n) is 4.96. The number of carbonyl (C=O) groups is 1. The molecule has 6 heteroatoms. The molecular weight excluding hydrogens is 200 g/mol. The molecule has 0 aliphatic heterocycles. The molecule has 2 N–H and O–H groups in total. The van der Waals surface area contributed by atoms with Gasteiger partial charge in [-0.15, -0.1) is 4.91 Å². The molecule has 0 amide bonds. The van der Waals surface area contributed by atoms with Gasteiger partial charge in [-0.3, -0.25) is 4.79 Å². The first kappa shape index (κ1) is 13.8. The maximum Gasteiger partial charge on any atom is 0.323 e. The lowest BCUT2D eigenvalue weighted by molar-refractivity contribution is -0.146. The standard InChI is InChI=1S/C9H18N2O4/c1-7(2)8(10)9(12)14-5-3-4-6-15-11-13/h7-8H,3-6,10H2,1-2H3. The van der Waals surface area contributed by atoms with Crippen LogP contribution >= 0.6 is 0 Å². The number of carbonyl (C=O) groups excluding carboxylic acids is 1. The van der Waals surface area contributed by atoms with Gasteiger partial charge in [-0.2, -0.15) is 0 Å². The van der Waals surface area contributed by atoms with Gasteiger partial charge in [-0.1, -0.05) is 13.8 Å². The molecule has 0 saturated carbocycles. The summed E-state index contributed by atoms with van der Waals surface area (Å²) in [6.07, 6.45) is 1.25. The highest BCUT2D eigenvalue weighted by atomic mass is 16.7. The van der Waals surface area contributed by atoms with E-state index in [4.69, 9.17) is 10.5 Å². The summed E-state index contributed by atoms with van der Waals surface area (Å²) in [5.41, 5.74) is 5.57. The van der Waals surface area contributed by atoms with Crippen molar-refractivity contribution >= 4 is 5.97 Å². The van der Waals surface area contributed by atoms with E-state index < -0.39 is 6.04 Å². The molecule has 88 valence electrons. The molecule has 0 fully saturated rings. The lowest BCUT2D eigenvalue weighted by atomic mass is 10.1. The Labute approximate surface area is 89.0 Å². The molecule has 0 heterocycles. The van der Waals surface area contributed by atoms with Crippen LogP contribution in [-0.4, -0.2) is 25.2 Å². The molecule has 0 aliphatic carbocycles. The minimum atomic E-state index is -0.571. The maximum absolute atomic E-state index is 11.2. The molecule has 0 radical (unpaired) electrons. The van der Waals surface area contributed by atoms with E-state index in [1.165, 1.54) is 0 Å². The van der Waals surface area contributed by atoms with E-state index in [2.05, 4.69) is 10.2 Å². The van der Waals surface area contributed by atoms with E-state index in [9.17, 15) is 9.70 Å². The molecule has 0 aromatic carbocycles. The summed E-state index contributed by atoms with van der Waals surface area (Å²) in [4.78, 5) is 25.0. The number of esters is 1. The number of hydrogen-bond acceptors (Lipinski definition) is 6. The van der Waals surface area contributed by atoms with E-state index in [1.54, 1.807) is 0 Å². The molecule has 0 aliphatic rings. The molecule has 0 aromatic rings. The Morgan fingerprint density at radius 2 is 1.93 bits per heavy atom. The number of hydrogen-bond donors (Lipinski definition) is 1. The Morgan fingerprint density at radius 3 is 2.47 bits per heavy atom. The van der Waals surface area contributed by atoms with Crippen LogP contribution in [0.25, 0.3) is 0 Å². The minimum Gasteiger partial charge on any atom is -0.465 e. The van der Waals surface area contributed by atoms with Crippen LogP contribution in [0.4, 0.5) is 0 Å². The van der Waals surface area contributed by atoms with Crippen molar-refractivity contribution in [2.45, 2.75) is 32.7 Å². The van der Waals surface area contributed by atoms with Gasteiger partial charge < -0.3 is 15.3 Å². The van der Waals surface area contributed by atoms with Crippen molar-refractivity contribution in [3.8, 4) is 0 Å². The summed E-state index contributed by atoms with van der Waals surface area (Å²) in [6.45, 7) is 4.25. The van der Waals surface area contributed by atoms with Crippen molar-refractivity contribution < 1.29 is 14.4 Å². The Bertz CT molecular complexity index is 197. The van der Waals surface area contributed by atoms with Crippen LogP contribution in [0.15, 0.2) is 5.34 Å². The number of unbranched alkanes of at least 4 members (excludes halogenated alkanes) is 1. The molecular formula is C9H18N2O4. The van der Waals surface area contributed by atoms with Crippen molar-refractivity contribution in [1.82, 2.24) is 0 Å². The summed E-state index contributed by atoms with van der Waals surface area (Å²) in [5, 5.41) is 2.24. The van der Waals surface area contributed by atoms with Crippen molar-refractivity contribution in [2.24, 2.45) is 17.0 Å². The summed E-state index contributed by atoms with van der Waals surface area (Å²) >= 11 is 0. The Morgan fingerprint density at radius 1 is 1.33 bits per heavy atom. The van der Waals surface area contributed by atoms with Crippen LogP contribution in [0.5, 0.6) is 0 Å². The van der Waals surface area contributed by atoms with Crippen molar-refractivity contribution in [3.05, 3.63) is 4.91 Å². The highest BCUT2D eigenvalue weighted by molar-refractivity contribution is 5.75. The highest BCUT2D eigenvalue weighted by Crippen LogP contribution is 2.01. The molecule has 0 spiro atoms. The fourth-order valence-corrected chi connectivity index (χ4v) is 0.847. The molecule has 0 aromatic heterocycles. The Balaban J connectivity index is 3.43. The minimum absolute atomic E-state index is 0.0695. The predicted octanol–water partition coefficient (Wildman–Crippen LogP) is 0.991. The summed E-state index contributed by atoms with van der Waals surface area (Å²) in [7, 11) is 0. The van der Waals surface area contributed by atoms with Crippen molar-refractivity contribution in [2.75, 3.05) is 13.2 Å². The Hall–Kier alpha value is -1.17. The number of rotatable bonds is 8. The van der Waals surface area contributed by atoms with Crippen LogP contribution in [0, 0.1) is 10.8 Å². The second kappa shape index (κ2) is 8.16. The zero-order valence-corrected chi connectivity index (χ0v) is 9.14. The van der Waals surface area contributed by atoms with Gasteiger partial charge in [-0.25, -0.2) is 0 Å². The lowest BCUT2D eigenvalue weighted by Gasteiger charge is -2.14. The van der Waals surface area contributed by atoms with Crippen LogP contribution in [0.3, 0.4) is 0 Å². The third-order valence-electron chi connectivity index (χ3n) is 1.92. The van der Waals surface area contributed by atoms with E-state index in [0.29, 0.717) is 19.4 Å². The summed E-state index contributed by atoms with van der Waals surface area (Å²) < 4.78 is 4.92. The van der Waals surface area contributed by atoms with Gasteiger partial charge in [0.15, 0.2) is 5.34 Å². The number of nitrogens with two attached hydrogens (primary N) is 1. The van der Waals surface area contributed by atoms with Gasteiger partial charge in [-0.05, 0) is 18.8 Å². The lowest BCUT2D eigenvalue weighted by Crippen LogP contribution is -2.37. The predicted molar refractivity (Wildman–Crippen MR) is 54.8 cm³/mol. The van der Waals surface area contributed by atoms with Gasteiger partial charge >= 0.3 is 5.97 Å². The smallest absolute Gasteiger partial charge is 0.323 e. The van der Waals surface area contributed by atoms with E-state index in [1.807, 2.05) is 13.8 Å². The van der Waals surface area contributed by atoms with Gasteiger partial charge in [0.05, 0.1) is 6.61 Å². The molecule has 1 unspecified atom stereocenters. The SMILES string of the molecule is CC(C)C(N)C(=O)OCCCCON=O. The van der Waals surface area contributed by atoms with E-state index in [-0.39, 0.29) is 18.5 Å². The van der Waals surface area contributed by atoms with Gasteiger partial charge in [0.1, 0.15) is 12.6 Å².